The summed E-state index contributed by atoms with van der Waals surface area (Å²) in [6.07, 6.45) is 4.02. The highest BCUT2D eigenvalue weighted by Gasteiger charge is 2.19. The van der Waals surface area contributed by atoms with Crippen molar-refractivity contribution in [3.05, 3.63) is 34.9 Å². The second-order valence-electron chi connectivity index (χ2n) is 5.05. The van der Waals surface area contributed by atoms with Crippen LogP contribution in [0.1, 0.15) is 46.5 Å². The summed E-state index contributed by atoms with van der Waals surface area (Å²) in [6.45, 7) is 9.74. The van der Waals surface area contributed by atoms with Crippen molar-refractivity contribution in [2.24, 2.45) is 0 Å². The highest BCUT2D eigenvalue weighted by molar-refractivity contribution is 5.97. The summed E-state index contributed by atoms with van der Waals surface area (Å²) >= 11 is 0. The van der Waals surface area contributed by atoms with Gasteiger partial charge in [0.25, 0.3) is 0 Å². The molecule has 2 heteroatoms. The van der Waals surface area contributed by atoms with Crippen LogP contribution in [0.5, 0.6) is 0 Å². The molecule has 0 spiro atoms. The van der Waals surface area contributed by atoms with Crippen molar-refractivity contribution in [3.8, 4) is 0 Å². The summed E-state index contributed by atoms with van der Waals surface area (Å²) in [5.41, 5.74) is 3.68. The van der Waals surface area contributed by atoms with Gasteiger partial charge in [0, 0.05) is 12.8 Å². The van der Waals surface area contributed by atoms with Gasteiger partial charge in [0.05, 0.1) is 6.10 Å². The van der Waals surface area contributed by atoms with Gasteiger partial charge in [-0.15, -0.1) is 0 Å². The van der Waals surface area contributed by atoms with Gasteiger partial charge < -0.3 is 5.11 Å². The van der Waals surface area contributed by atoms with Gasteiger partial charge in [-0.05, 0) is 44.8 Å². The zero-order valence-electron chi connectivity index (χ0n) is 11.0. The smallest absolute Gasteiger partial charge is 0.162 e. The normalized spacial score (nSPS) is 23.4. The topological polar surface area (TPSA) is 37.3 Å². The van der Waals surface area contributed by atoms with Crippen molar-refractivity contribution in [1.82, 2.24) is 0 Å². The summed E-state index contributed by atoms with van der Waals surface area (Å²) in [5, 5.41) is 10.00. The number of allylic oxidation sites excluding steroid dienone is 3. The molecule has 0 saturated heterocycles. The first-order valence-corrected chi connectivity index (χ1v) is 6.12. The Morgan fingerprint density at radius 3 is 2.71 bits per heavy atom. The number of aliphatic hydroxyl groups is 1. The molecular formula is C15H22O2. The van der Waals surface area contributed by atoms with E-state index >= 15 is 0 Å². The Bertz CT molecular complexity index is 382. The second kappa shape index (κ2) is 5.97. The maximum Gasteiger partial charge on any atom is 0.162 e. The lowest BCUT2D eigenvalue weighted by atomic mass is 9.90. The number of hydrogen-bond donors (Lipinski definition) is 1. The zero-order valence-corrected chi connectivity index (χ0v) is 11.0. The number of carbonyl (C=O) groups excluding carboxylic acids is 1. The second-order valence-corrected chi connectivity index (χ2v) is 5.05. The summed E-state index contributed by atoms with van der Waals surface area (Å²) < 4.78 is 0. The van der Waals surface area contributed by atoms with Crippen molar-refractivity contribution < 1.29 is 9.90 Å². The van der Waals surface area contributed by atoms with Crippen LogP contribution in [0.25, 0.3) is 0 Å². The molecule has 0 aromatic heterocycles. The average molecular weight is 234 g/mol. The summed E-state index contributed by atoms with van der Waals surface area (Å²) in [6, 6.07) is 0. The fourth-order valence-corrected chi connectivity index (χ4v) is 2.04. The Morgan fingerprint density at radius 1 is 1.47 bits per heavy atom. The quantitative estimate of drug-likeness (QED) is 0.515. The minimum Gasteiger partial charge on any atom is -0.388 e. The fourth-order valence-electron chi connectivity index (χ4n) is 2.04. The molecule has 0 saturated carbocycles. The number of ketones is 1. The third kappa shape index (κ3) is 3.97. The standard InChI is InChI=1S/C15H22O2/c1-10(2)13-9-14(16)12(4)7-5-6-11(3)8-15(13)17/h6,14,16H,4-5,7-9H2,1-3H3. The molecule has 0 aliphatic heterocycles. The molecule has 0 bridgehead atoms. The molecule has 1 aliphatic rings. The highest BCUT2D eigenvalue weighted by atomic mass is 16.3. The van der Waals surface area contributed by atoms with Crippen LogP contribution >= 0.6 is 0 Å². The van der Waals surface area contributed by atoms with Crippen molar-refractivity contribution in [3.63, 3.8) is 0 Å². The molecule has 1 aliphatic carbocycles. The van der Waals surface area contributed by atoms with Crippen LogP contribution < -0.4 is 0 Å². The number of hydrogen-bond acceptors (Lipinski definition) is 2. The maximum atomic E-state index is 12.1. The molecule has 1 unspecified atom stereocenters. The van der Waals surface area contributed by atoms with E-state index in [2.05, 4.69) is 12.7 Å². The Hall–Kier alpha value is -1.15. The minimum absolute atomic E-state index is 0.132. The largest absolute Gasteiger partial charge is 0.388 e. The molecule has 0 amide bonds. The van der Waals surface area contributed by atoms with Crippen molar-refractivity contribution in [1.29, 1.82) is 0 Å². The number of aliphatic hydroxyl groups excluding tert-OH is 1. The van der Waals surface area contributed by atoms with Crippen LogP contribution in [0.15, 0.2) is 34.9 Å². The Labute approximate surface area is 104 Å². The van der Waals surface area contributed by atoms with Gasteiger partial charge in [0.2, 0.25) is 0 Å². The molecule has 1 atom stereocenters. The SMILES string of the molecule is C=C1CCC=C(C)CC(=O)C(=C(C)C)CC1O. The monoisotopic (exact) mass is 234 g/mol. The van der Waals surface area contributed by atoms with Gasteiger partial charge >= 0.3 is 0 Å². The first-order chi connectivity index (χ1) is 7.91. The first kappa shape index (κ1) is 13.9. The van der Waals surface area contributed by atoms with Gasteiger partial charge in [-0.1, -0.05) is 23.8 Å². The van der Waals surface area contributed by atoms with E-state index in [9.17, 15) is 9.90 Å². The third-order valence-corrected chi connectivity index (χ3v) is 3.21. The summed E-state index contributed by atoms with van der Waals surface area (Å²) in [4.78, 5) is 12.1. The molecular weight excluding hydrogens is 212 g/mol. The predicted molar refractivity (Wildman–Crippen MR) is 70.8 cm³/mol. The van der Waals surface area contributed by atoms with Crippen LogP contribution in [0.3, 0.4) is 0 Å². The van der Waals surface area contributed by atoms with Crippen molar-refractivity contribution in [2.75, 3.05) is 0 Å². The molecule has 94 valence electrons. The molecule has 0 fully saturated rings. The zero-order chi connectivity index (χ0) is 13.0. The van der Waals surface area contributed by atoms with E-state index < -0.39 is 6.10 Å². The highest BCUT2D eigenvalue weighted by Crippen LogP contribution is 2.23. The average Bonchev–Trinajstić information content (AvgIpc) is 2.23. The molecule has 2 nitrogen and oxygen atoms in total. The third-order valence-electron chi connectivity index (χ3n) is 3.21. The Balaban J connectivity index is 3.03. The summed E-state index contributed by atoms with van der Waals surface area (Å²) in [5.74, 6) is 0.132. The lowest BCUT2D eigenvalue weighted by Gasteiger charge is -2.18. The van der Waals surface area contributed by atoms with E-state index in [1.165, 1.54) is 0 Å². The van der Waals surface area contributed by atoms with Gasteiger partial charge in [-0.3, -0.25) is 4.79 Å². The molecule has 1 rings (SSSR count). The van der Waals surface area contributed by atoms with E-state index in [0.717, 1.165) is 35.1 Å². The van der Waals surface area contributed by atoms with E-state index in [1.54, 1.807) is 0 Å². The molecule has 17 heavy (non-hydrogen) atoms. The molecule has 1 N–H and O–H groups in total. The maximum absolute atomic E-state index is 12.1. The number of Topliss-reactive ketones (excluding diaryl/α,β-unsaturated/α-hetero) is 1. The molecule has 0 aromatic rings. The fraction of sp³-hybridized carbons (Fsp3) is 0.533. The van der Waals surface area contributed by atoms with Gasteiger partial charge in [-0.25, -0.2) is 0 Å². The molecule has 0 radical (unpaired) electrons. The predicted octanol–water partition coefficient (Wildman–Crippen LogP) is 3.33. The lowest BCUT2D eigenvalue weighted by molar-refractivity contribution is -0.115. The van der Waals surface area contributed by atoms with Crippen LogP contribution in [0.2, 0.25) is 0 Å². The van der Waals surface area contributed by atoms with Gasteiger partial charge in [0.1, 0.15) is 0 Å². The van der Waals surface area contributed by atoms with E-state index in [-0.39, 0.29) is 5.78 Å². The van der Waals surface area contributed by atoms with Crippen LogP contribution in [0, 0.1) is 0 Å². The van der Waals surface area contributed by atoms with Crippen molar-refractivity contribution in [2.45, 2.75) is 52.6 Å². The Morgan fingerprint density at radius 2 is 2.12 bits per heavy atom. The van der Waals surface area contributed by atoms with Crippen LogP contribution in [0.4, 0.5) is 0 Å². The minimum atomic E-state index is -0.587. The van der Waals surface area contributed by atoms with Gasteiger partial charge in [0.15, 0.2) is 5.78 Å². The van der Waals surface area contributed by atoms with Gasteiger partial charge in [-0.2, -0.15) is 0 Å². The van der Waals surface area contributed by atoms with E-state index in [4.69, 9.17) is 0 Å². The number of rotatable bonds is 0. The molecule has 0 heterocycles. The van der Waals surface area contributed by atoms with Crippen LogP contribution in [-0.2, 0) is 4.79 Å². The van der Waals surface area contributed by atoms with Crippen molar-refractivity contribution >= 4 is 5.78 Å². The lowest BCUT2D eigenvalue weighted by Crippen LogP contribution is -2.17. The first-order valence-electron chi connectivity index (χ1n) is 6.12. The summed E-state index contributed by atoms with van der Waals surface area (Å²) in [7, 11) is 0. The van der Waals surface area contributed by atoms with Crippen LogP contribution in [-0.4, -0.2) is 17.0 Å². The number of carbonyl (C=O) groups is 1. The molecule has 0 aromatic carbocycles. The van der Waals surface area contributed by atoms with E-state index in [1.807, 2.05) is 20.8 Å². The van der Waals surface area contributed by atoms with E-state index in [0.29, 0.717) is 12.8 Å². The Kier molecular flexibility index (Phi) is 4.88.